The van der Waals surface area contributed by atoms with Crippen molar-refractivity contribution in [2.75, 3.05) is 13.1 Å². The van der Waals surface area contributed by atoms with Gasteiger partial charge in [-0.05, 0) is 49.5 Å². The van der Waals surface area contributed by atoms with Crippen molar-refractivity contribution < 1.29 is 0 Å². The van der Waals surface area contributed by atoms with Crippen LogP contribution in [0.3, 0.4) is 0 Å². The lowest BCUT2D eigenvalue weighted by Crippen LogP contribution is -2.56. The topological polar surface area (TPSA) is 29.3 Å². The van der Waals surface area contributed by atoms with E-state index in [2.05, 4.69) is 32.6 Å². The zero-order chi connectivity index (χ0) is 12.7. The van der Waals surface area contributed by atoms with Crippen molar-refractivity contribution in [2.24, 2.45) is 16.6 Å². The van der Waals surface area contributed by atoms with Gasteiger partial charge < -0.3 is 5.73 Å². The number of nitrogens with zero attached hydrogens (tertiary/aromatic N) is 1. The highest BCUT2D eigenvalue weighted by atomic mass is 15.2. The first kappa shape index (κ1) is 13.4. The fraction of sp³-hybridized carbons (Fsp3) is 1.00. The monoisotopic (exact) mass is 238 g/mol. The average Bonchev–Trinajstić information content (AvgIpc) is 2.20. The molecule has 17 heavy (non-hydrogen) atoms. The molecule has 2 N–H and O–H groups in total. The Morgan fingerprint density at radius 2 is 1.76 bits per heavy atom. The smallest absolute Gasteiger partial charge is 0.0252 e. The van der Waals surface area contributed by atoms with Gasteiger partial charge in [0.2, 0.25) is 0 Å². The normalized spacial score (nSPS) is 37.9. The molecule has 2 rings (SSSR count). The minimum absolute atomic E-state index is 0.400. The van der Waals surface area contributed by atoms with Crippen LogP contribution in [0.15, 0.2) is 0 Å². The predicted molar refractivity (Wildman–Crippen MR) is 74.0 cm³/mol. The van der Waals surface area contributed by atoms with Gasteiger partial charge in [-0.2, -0.15) is 0 Å². The second kappa shape index (κ2) is 4.55. The van der Waals surface area contributed by atoms with Crippen molar-refractivity contribution in [2.45, 2.75) is 71.9 Å². The molecule has 2 nitrogen and oxygen atoms in total. The van der Waals surface area contributed by atoms with Gasteiger partial charge in [-0.15, -0.1) is 0 Å². The van der Waals surface area contributed by atoms with Crippen LogP contribution in [-0.4, -0.2) is 30.1 Å². The SMILES string of the molecule is CC1(C)CCC(N)C(N2CCCC(C)(C)C2)C1. The molecule has 0 bridgehead atoms. The lowest BCUT2D eigenvalue weighted by atomic mass is 9.71. The molecule has 0 aromatic heterocycles. The quantitative estimate of drug-likeness (QED) is 0.761. The lowest BCUT2D eigenvalue weighted by Gasteiger charge is -2.49. The summed E-state index contributed by atoms with van der Waals surface area (Å²) >= 11 is 0. The van der Waals surface area contributed by atoms with E-state index in [9.17, 15) is 0 Å². The average molecular weight is 238 g/mol. The summed E-state index contributed by atoms with van der Waals surface area (Å²) in [6.45, 7) is 12.1. The van der Waals surface area contributed by atoms with Crippen LogP contribution in [0.1, 0.15) is 59.8 Å². The molecular formula is C15H30N2. The van der Waals surface area contributed by atoms with Gasteiger partial charge in [0.15, 0.2) is 0 Å². The van der Waals surface area contributed by atoms with E-state index in [4.69, 9.17) is 5.73 Å². The summed E-state index contributed by atoms with van der Waals surface area (Å²) in [7, 11) is 0. The largest absolute Gasteiger partial charge is 0.326 e. The third-order valence-corrected chi connectivity index (χ3v) is 4.81. The Kier molecular flexibility index (Phi) is 3.57. The number of hydrogen-bond donors (Lipinski definition) is 1. The minimum Gasteiger partial charge on any atom is -0.326 e. The molecule has 0 spiro atoms. The molecule has 1 saturated heterocycles. The number of rotatable bonds is 1. The molecule has 2 aliphatic rings. The van der Waals surface area contributed by atoms with Gasteiger partial charge in [-0.1, -0.05) is 27.7 Å². The van der Waals surface area contributed by atoms with Crippen LogP contribution in [0.5, 0.6) is 0 Å². The fourth-order valence-corrected chi connectivity index (χ4v) is 3.72. The Morgan fingerprint density at radius 1 is 1.06 bits per heavy atom. The third-order valence-electron chi connectivity index (χ3n) is 4.81. The van der Waals surface area contributed by atoms with Crippen molar-refractivity contribution in [1.29, 1.82) is 0 Å². The van der Waals surface area contributed by atoms with E-state index in [1.807, 2.05) is 0 Å². The molecule has 100 valence electrons. The molecule has 0 radical (unpaired) electrons. The third kappa shape index (κ3) is 3.23. The van der Waals surface area contributed by atoms with Crippen molar-refractivity contribution in [3.8, 4) is 0 Å². The Morgan fingerprint density at radius 3 is 2.41 bits per heavy atom. The van der Waals surface area contributed by atoms with Gasteiger partial charge in [0.05, 0.1) is 0 Å². The molecule has 1 aliphatic heterocycles. The molecule has 1 heterocycles. The van der Waals surface area contributed by atoms with Gasteiger partial charge in [0, 0.05) is 18.6 Å². The minimum atomic E-state index is 0.400. The van der Waals surface area contributed by atoms with E-state index in [-0.39, 0.29) is 0 Å². The fourth-order valence-electron chi connectivity index (χ4n) is 3.72. The summed E-state index contributed by atoms with van der Waals surface area (Å²) < 4.78 is 0. The molecule has 1 saturated carbocycles. The van der Waals surface area contributed by atoms with Crippen molar-refractivity contribution >= 4 is 0 Å². The Labute approximate surface area is 107 Å². The summed E-state index contributed by atoms with van der Waals surface area (Å²) in [4.78, 5) is 2.69. The summed E-state index contributed by atoms with van der Waals surface area (Å²) in [6, 6.07) is 1.02. The predicted octanol–water partition coefficient (Wildman–Crippen LogP) is 3.01. The van der Waals surface area contributed by atoms with Gasteiger partial charge in [0.25, 0.3) is 0 Å². The maximum absolute atomic E-state index is 6.38. The zero-order valence-corrected chi connectivity index (χ0v) is 12.1. The molecule has 2 unspecified atom stereocenters. The van der Waals surface area contributed by atoms with Crippen molar-refractivity contribution in [3.05, 3.63) is 0 Å². The second-order valence-corrected chi connectivity index (χ2v) is 7.88. The van der Waals surface area contributed by atoms with Gasteiger partial charge >= 0.3 is 0 Å². The Hall–Kier alpha value is -0.0800. The molecule has 1 aliphatic carbocycles. The van der Waals surface area contributed by atoms with Crippen molar-refractivity contribution in [1.82, 2.24) is 4.90 Å². The van der Waals surface area contributed by atoms with E-state index in [0.29, 0.717) is 22.9 Å². The van der Waals surface area contributed by atoms with Gasteiger partial charge in [0.1, 0.15) is 0 Å². The number of nitrogens with two attached hydrogens (primary N) is 1. The zero-order valence-electron chi connectivity index (χ0n) is 12.1. The molecule has 2 heteroatoms. The first-order chi connectivity index (χ1) is 7.79. The molecule has 0 aromatic carbocycles. The van der Waals surface area contributed by atoms with E-state index in [0.717, 1.165) is 0 Å². The van der Waals surface area contributed by atoms with Gasteiger partial charge in [-0.3, -0.25) is 4.90 Å². The maximum Gasteiger partial charge on any atom is 0.0252 e. The Bertz CT molecular complexity index is 270. The highest BCUT2D eigenvalue weighted by Crippen LogP contribution is 2.39. The standard InChI is InChI=1S/C15H30N2/c1-14(2)8-6-12(16)13(10-14)17-9-5-7-15(3,4)11-17/h12-13H,5-11,16H2,1-4H3. The van der Waals surface area contributed by atoms with Crippen LogP contribution in [-0.2, 0) is 0 Å². The van der Waals surface area contributed by atoms with Crippen LogP contribution >= 0.6 is 0 Å². The number of piperidine rings is 1. The highest BCUT2D eigenvalue weighted by Gasteiger charge is 2.39. The van der Waals surface area contributed by atoms with Crippen LogP contribution < -0.4 is 5.73 Å². The summed E-state index contributed by atoms with van der Waals surface area (Å²) in [5.41, 5.74) is 7.35. The molecule has 2 atom stereocenters. The van der Waals surface area contributed by atoms with E-state index < -0.39 is 0 Å². The van der Waals surface area contributed by atoms with Crippen LogP contribution in [0, 0.1) is 10.8 Å². The van der Waals surface area contributed by atoms with Gasteiger partial charge in [-0.25, -0.2) is 0 Å². The van der Waals surface area contributed by atoms with Crippen LogP contribution in [0.4, 0.5) is 0 Å². The van der Waals surface area contributed by atoms with E-state index >= 15 is 0 Å². The van der Waals surface area contributed by atoms with Crippen LogP contribution in [0.25, 0.3) is 0 Å². The van der Waals surface area contributed by atoms with E-state index in [1.54, 1.807) is 0 Å². The van der Waals surface area contributed by atoms with Crippen LogP contribution in [0.2, 0.25) is 0 Å². The molecule has 0 amide bonds. The Balaban J connectivity index is 2.04. The number of hydrogen-bond acceptors (Lipinski definition) is 2. The highest BCUT2D eigenvalue weighted by molar-refractivity contribution is 4.95. The lowest BCUT2D eigenvalue weighted by molar-refractivity contribution is 0.0234. The molecule has 2 fully saturated rings. The summed E-state index contributed by atoms with van der Waals surface area (Å²) in [5.74, 6) is 0. The first-order valence-electron chi connectivity index (χ1n) is 7.29. The molecule has 0 aromatic rings. The number of likely N-dealkylation sites (tertiary alicyclic amines) is 1. The maximum atomic E-state index is 6.38. The van der Waals surface area contributed by atoms with Crippen molar-refractivity contribution in [3.63, 3.8) is 0 Å². The summed E-state index contributed by atoms with van der Waals surface area (Å²) in [5, 5.41) is 0. The first-order valence-corrected chi connectivity index (χ1v) is 7.29. The molecular weight excluding hydrogens is 208 g/mol. The van der Waals surface area contributed by atoms with E-state index in [1.165, 1.54) is 45.2 Å². The summed E-state index contributed by atoms with van der Waals surface area (Å²) in [6.07, 6.45) is 6.49. The second-order valence-electron chi connectivity index (χ2n) is 7.88.